The van der Waals surface area contributed by atoms with Crippen LogP contribution in [0, 0.1) is 0 Å². The fourth-order valence-corrected chi connectivity index (χ4v) is 2.32. The van der Waals surface area contributed by atoms with Crippen LogP contribution in [-0.4, -0.2) is 38.9 Å². The van der Waals surface area contributed by atoms with Gasteiger partial charge in [0.2, 0.25) is 0 Å². The van der Waals surface area contributed by atoms with Crippen molar-refractivity contribution in [3.8, 4) is 0 Å². The van der Waals surface area contributed by atoms with E-state index in [0.717, 1.165) is 5.56 Å². The normalized spacial score (nSPS) is 10.7. The van der Waals surface area contributed by atoms with E-state index in [0.29, 0.717) is 25.2 Å². The Kier molecular flexibility index (Phi) is 4.75. The van der Waals surface area contributed by atoms with E-state index in [1.165, 1.54) is 4.90 Å². The molecule has 2 rings (SSSR count). The van der Waals surface area contributed by atoms with E-state index < -0.39 is 5.97 Å². The number of carboxylic acid groups (broad SMARTS) is 1. The minimum atomic E-state index is -1.07. The van der Waals surface area contributed by atoms with E-state index in [1.54, 1.807) is 16.4 Å². The Labute approximate surface area is 121 Å². The number of aromatic carboxylic acids is 1. The van der Waals surface area contributed by atoms with Gasteiger partial charge in [-0.05, 0) is 30.5 Å². The van der Waals surface area contributed by atoms with Crippen molar-refractivity contribution >= 4 is 17.7 Å². The molecule has 0 spiro atoms. The van der Waals surface area contributed by atoms with Gasteiger partial charge < -0.3 is 10.8 Å². The van der Waals surface area contributed by atoms with Crippen molar-refractivity contribution in [1.29, 1.82) is 0 Å². The molecule has 106 valence electrons. The van der Waals surface area contributed by atoms with Crippen LogP contribution in [0.5, 0.6) is 0 Å². The molecule has 7 heteroatoms. The van der Waals surface area contributed by atoms with E-state index in [4.69, 9.17) is 10.8 Å². The van der Waals surface area contributed by atoms with Crippen LogP contribution in [0.4, 0.5) is 0 Å². The van der Waals surface area contributed by atoms with Gasteiger partial charge in [-0.25, -0.2) is 9.48 Å². The lowest BCUT2D eigenvalue weighted by molar-refractivity contribution is 0.0689. The Bertz CT molecular complexity index is 595. The number of nitrogens with two attached hydrogens (primary N) is 1. The minimum Gasteiger partial charge on any atom is -0.476 e. The largest absolute Gasteiger partial charge is 0.476 e. The van der Waals surface area contributed by atoms with Gasteiger partial charge in [0.15, 0.2) is 5.69 Å². The standard InChI is InChI=1S/C13H16N4O2S/c1-20-10-4-2-9(3-5-10)8-17-11(6-7-14)12(13(18)19)15-16-17/h2-5H,6-8,14H2,1H3,(H,18,19). The second-order valence-electron chi connectivity index (χ2n) is 4.23. The quantitative estimate of drug-likeness (QED) is 0.778. The lowest BCUT2D eigenvalue weighted by atomic mass is 10.2. The summed E-state index contributed by atoms with van der Waals surface area (Å²) >= 11 is 1.67. The molecule has 1 heterocycles. The van der Waals surface area contributed by atoms with Gasteiger partial charge >= 0.3 is 5.97 Å². The SMILES string of the molecule is CSc1ccc(Cn2nnc(C(=O)O)c2CCN)cc1. The topological polar surface area (TPSA) is 94.0 Å². The van der Waals surface area contributed by atoms with Crippen molar-refractivity contribution in [3.05, 3.63) is 41.2 Å². The molecule has 0 aliphatic heterocycles. The lowest BCUT2D eigenvalue weighted by Crippen LogP contribution is -2.14. The molecule has 0 aliphatic carbocycles. The summed E-state index contributed by atoms with van der Waals surface area (Å²) in [7, 11) is 0. The van der Waals surface area contributed by atoms with Crippen LogP contribution < -0.4 is 5.73 Å². The molecule has 20 heavy (non-hydrogen) atoms. The van der Waals surface area contributed by atoms with Gasteiger partial charge in [0.05, 0.1) is 12.2 Å². The first kappa shape index (κ1) is 14.5. The molecular formula is C13H16N4O2S. The zero-order valence-corrected chi connectivity index (χ0v) is 11.9. The van der Waals surface area contributed by atoms with Gasteiger partial charge in [-0.3, -0.25) is 0 Å². The Morgan fingerprint density at radius 2 is 2.10 bits per heavy atom. The molecule has 0 aliphatic rings. The first-order valence-corrected chi connectivity index (χ1v) is 7.37. The third kappa shape index (κ3) is 3.17. The number of rotatable bonds is 6. The number of hydrogen-bond donors (Lipinski definition) is 2. The Morgan fingerprint density at radius 1 is 1.40 bits per heavy atom. The Hall–Kier alpha value is -1.86. The second kappa shape index (κ2) is 6.53. The van der Waals surface area contributed by atoms with E-state index >= 15 is 0 Å². The fraction of sp³-hybridized carbons (Fsp3) is 0.308. The Morgan fingerprint density at radius 3 is 2.65 bits per heavy atom. The van der Waals surface area contributed by atoms with Crippen LogP contribution in [-0.2, 0) is 13.0 Å². The summed E-state index contributed by atoms with van der Waals surface area (Å²) in [6.45, 7) is 0.851. The summed E-state index contributed by atoms with van der Waals surface area (Å²) in [5.41, 5.74) is 7.12. The van der Waals surface area contributed by atoms with Crippen molar-refractivity contribution in [1.82, 2.24) is 15.0 Å². The molecule has 0 saturated heterocycles. The van der Waals surface area contributed by atoms with Gasteiger partial charge in [0.25, 0.3) is 0 Å². The molecular weight excluding hydrogens is 276 g/mol. The van der Waals surface area contributed by atoms with Gasteiger partial charge in [0.1, 0.15) is 0 Å². The fourth-order valence-electron chi connectivity index (χ4n) is 1.91. The number of carbonyl (C=O) groups is 1. The highest BCUT2D eigenvalue weighted by Crippen LogP contribution is 2.16. The van der Waals surface area contributed by atoms with Crippen molar-refractivity contribution in [2.24, 2.45) is 5.73 Å². The number of thioether (sulfide) groups is 1. The molecule has 1 aromatic heterocycles. The lowest BCUT2D eigenvalue weighted by Gasteiger charge is -2.07. The molecule has 2 aromatic rings. The molecule has 0 unspecified atom stereocenters. The van der Waals surface area contributed by atoms with Crippen LogP contribution in [0.15, 0.2) is 29.2 Å². The average molecular weight is 292 g/mol. The maximum absolute atomic E-state index is 11.1. The summed E-state index contributed by atoms with van der Waals surface area (Å²) in [6, 6.07) is 8.05. The zero-order valence-electron chi connectivity index (χ0n) is 11.1. The molecule has 1 aromatic carbocycles. The first-order valence-electron chi connectivity index (χ1n) is 6.14. The third-order valence-electron chi connectivity index (χ3n) is 2.91. The molecule has 0 saturated carbocycles. The number of hydrogen-bond acceptors (Lipinski definition) is 5. The van der Waals surface area contributed by atoms with Crippen molar-refractivity contribution < 1.29 is 9.90 Å². The van der Waals surface area contributed by atoms with E-state index in [-0.39, 0.29) is 5.69 Å². The molecule has 0 bridgehead atoms. The van der Waals surface area contributed by atoms with Crippen LogP contribution in [0.25, 0.3) is 0 Å². The predicted molar refractivity (Wildman–Crippen MR) is 77.1 cm³/mol. The van der Waals surface area contributed by atoms with Gasteiger partial charge in [0, 0.05) is 11.3 Å². The maximum atomic E-state index is 11.1. The maximum Gasteiger partial charge on any atom is 0.358 e. The highest BCUT2D eigenvalue weighted by Gasteiger charge is 2.18. The Balaban J connectivity index is 2.25. The summed E-state index contributed by atoms with van der Waals surface area (Å²) in [6.07, 6.45) is 2.46. The van der Waals surface area contributed by atoms with Gasteiger partial charge in [-0.1, -0.05) is 17.3 Å². The van der Waals surface area contributed by atoms with Crippen molar-refractivity contribution in [2.75, 3.05) is 12.8 Å². The number of nitrogens with zero attached hydrogens (tertiary/aromatic N) is 3. The zero-order chi connectivity index (χ0) is 14.5. The molecule has 6 nitrogen and oxygen atoms in total. The summed E-state index contributed by atoms with van der Waals surface area (Å²) in [4.78, 5) is 12.3. The summed E-state index contributed by atoms with van der Waals surface area (Å²) in [5.74, 6) is -1.07. The highest BCUT2D eigenvalue weighted by atomic mass is 32.2. The van der Waals surface area contributed by atoms with E-state index in [9.17, 15) is 4.79 Å². The van der Waals surface area contributed by atoms with Crippen LogP contribution in [0.3, 0.4) is 0 Å². The van der Waals surface area contributed by atoms with E-state index in [1.807, 2.05) is 30.5 Å². The summed E-state index contributed by atoms with van der Waals surface area (Å²) < 4.78 is 1.60. The average Bonchev–Trinajstić information content (AvgIpc) is 2.83. The third-order valence-corrected chi connectivity index (χ3v) is 3.66. The molecule has 0 atom stereocenters. The van der Waals surface area contributed by atoms with E-state index in [2.05, 4.69) is 10.3 Å². The minimum absolute atomic E-state index is 0.0174. The molecule has 3 N–H and O–H groups in total. The molecule has 0 fully saturated rings. The highest BCUT2D eigenvalue weighted by molar-refractivity contribution is 7.98. The monoisotopic (exact) mass is 292 g/mol. The number of benzene rings is 1. The van der Waals surface area contributed by atoms with Crippen LogP contribution in [0.1, 0.15) is 21.7 Å². The smallest absolute Gasteiger partial charge is 0.358 e. The van der Waals surface area contributed by atoms with Gasteiger partial charge in [-0.2, -0.15) is 0 Å². The second-order valence-corrected chi connectivity index (χ2v) is 5.11. The predicted octanol–water partition coefficient (Wildman–Crippen LogP) is 1.25. The number of carboxylic acids is 1. The summed E-state index contributed by atoms with van der Waals surface area (Å²) in [5, 5.41) is 16.7. The molecule has 0 amide bonds. The van der Waals surface area contributed by atoms with Crippen LogP contribution in [0.2, 0.25) is 0 Å². The van der Waals surface area contributed by atoms with Crippen LogP contribution >= 0.6 is 11.8 Å². The number of aromatic nitrogens is 3. The van der Waals surface area contributed by atoms with Crippen molar-refractivity contribution in [2.45, 2.75) is 17.9 Å². The molecule has 0 radical (unpaired) electrons. The van der Waals surface area contributed by atoms with Gasteiger partial charge in [-0.15, -0.1) is 16.9 Å². The first-order chi connectivity index (χ1) is 9.65. The van der Waals surface area contributed by atoms with Crippen molar-refractivity contribution in [3.63, 3.8) is 0 Å².